The van der Waals surface area contributed by atoms with Crippen molar-refractivity contribution >= 4 is 5.78 Å². The van der Waals surface area contributed by atoms with Crippen molar-refractivity contribution in [2.24, 2.45) is 0 Å². The van der Waals surface area contributed by atoms with E-state index in [0.717, 1.165) is 19.3 Å². The number of aliphatic hydroxyl groups is 1. The third-order valence-electron chi connectivity index (χ3n) is 3.81. The van der Waals surface area contributed by atoms with Gasteiger partial charge in [0, 0.05) is 6.42 Å². The fraction of sp³-hybridized carbons (Fsp3) is 0.533. The lowest BCUT2D eigenvalue weighted by Gasteiger charge is -2.30. The maximum absolute atomic E-state index is 14.0. The summed E-state index contributed by atoms with van der Waals surface area (Å²) in [5.41, 5.74) is -0.989. The molecule has 0 aliphatic heterocycles. The number of methoxy groups -OCH3 is 1. The van der Waals surface area contributed by atoms with Gasteiger partial charge in [0.25, 0.3) is 0 Å². The van der Waals surface area contributed by atoms with Gasteiger partial charge in [-0.1, -0.05) is 31.4 Å². The van der Waals surface area contributed by atoms with Gasteiger partial charge >= 0.3 is 0 Å². The number of ketones is 1. The molecular weight excluding hydrogens is 247 g/mol. The zero-order valence-corrected chi connectivity index (χ0v) is 11.1. The van der Waals surface area contributed by atoms with Crippen LogP contribution in [-0.4, -0.2) is 23.6 Å². The van der Waals surface area contributed by atoms with Crippen LogP contribution in [0, 0.1) is 5.82 Å². The molecule has 1 aromatic carbocycles. The van der Waals surface area contributed by atoms with Gasteiger partial charge in [-0.15, -0.1) is 0 Å². The Bertz CT molecular complexity index is 464. The van der Waals surface area contributed by atoms with Crippen LogP contribution < -0.4 is 4.74 Å². The predicted molar refractivity (Wildman–Crippen MR) is 69.7 cm³/mol. The van der Waals surface area contributed by atoms with Crippen molar-refractivity contribution in [1.82, 2.24) is 0 Å². The molecule has 0 spiro atoms. The highest BCUT2D eigenvalue weighted by atomic mass is 19.1. The van der Waals surface area contributed by atoms with Crippen molar-refractivity contribution in [3.05, 3.63) is 29.6 Å². The van der Waals surface area contributed by atoms with E-state index in [9.17, 15) is 14.3 Å². The molecule has 19 heavy (non-hydrogen) atoms. The summed E-state index contributed by atoms with van der Waals surface area (Å²) in [5.74, 6) is -0.682. The lowest BCUT2D eigenvalue weighted by Crippen LogP contribution is -2.41. The largest absolute Gasteiger partial charge is 0.494 e. The molecule has 2 rings (SSSR count). The number of hydrogen-bond donors (Lipinski definition) is 1. The van der Waals surface area contributed by atoms with E-state index in [1.807, 2.05) is 0 Å². The number of Topliss-reactive ketones (excluding diaryl/α,β-unsaturated/α-hetero) is 1. The SMILES string of the molecule is COc1cccc(CC(=O)C2(O)CCCCC2)c1F. The van der Waals surface area contributed by atoms with E-state index in [0.29, 0.717) is 12.8 Å². The van der Waals surface area contributed by atoms with Crippen LogP contribution >= 0.6 is 0 Å². The van der Waals surface area contributed by atoms with Gasteiger partial charge in [0.05, 0.1) is 7.11 Å². The number of hydrogen-bond acceptors (Lipinski definition) is 3. The minimum Gasteiger partial charge on any atom is -0.494 e. The molecule has 1 aliphatic rings. The third-order valence-corrected chi connectivity index (χ3v) is 3.81. The summed E-state index contributed by atoms with van der Waals surface area (Å²) in [6.07, 6.45) is 3.63. The normalized spacial score (nSPS) is 18.1. The summed E-state index contributed by atoms with van der Waals surface area (Å²) in [6, 6.07) is 4.72. The Labute approximate surface area is 112 Å². The summed E-state index contributed by atoms with van der Waals surface area (Å²) >= 11 is 0. The number of carbonyl (C=O) groups is 1. The van der Waals surface area contributed by atoms with Gasteiger partial charge in [-0.05, 0) is 24.5 Å². The lowest BCUT2D eigenvalue weighted by molar-refractivity contribution is -0.139. The molecule has 1 N–H and O–H groups in total. The van der Waals surface area contributed by atoms with Crippen LogP contribution in [0.2, 0.25) is 0 Å². The quantitative estimate of drug-likeness (QED) is 0.911. The smallest absolute Gasteiger partial charge is 0.168 e. The first-order valence-corrected chi connectivity index (χ1v) is 6.64. The highest BCUT2D eigenvalue weighted by Gasteiger charge is 2.36. The first kappa shape index (κ1) is 14.0. The molecular formula is C15H19FO3. The van der Waals surface area contributed by atoms with Crippen LogP contribution in [0.1, 0.15) is 37.7 Å². The second-order valence-electron chi connectivity index (χ2n) is 5.13. The Balaban J connectivity index is 2.14. The Morgan fingerprint density at radius 1 is 1.37 bits per heavy atom. The number of halogens is 1. The van der Waals surface area contributed by atoms with Gasteiger partial charge in [0.2, 0.25) is 0 Å². The van der Waals surface area contributed by atoms with Crippen molar-refractivity contribution in [3.63, 3.8) is 0 Å². The summed E-state index contributed by atoms with van der Waals surface area (Å²) in [6.45, 7) is 0. The average Bonchev–Trinajstić information content (AvgIpc) is 2.42. The molecule has 0 unspecified atom stereocenters. The molecule has 0 amide bonds. The molecule has 1 aromatic rings. The van der Waals surface area contributed by atoms with Crippen LogP contribution in [0.3, 0.4) is 0 Å². The number of ether oxygens (including phenoxy) is 1. The highest BCUT2D eigenvalue weighted by Crippen LogP contribution is 2.30. The minimum atomic E-state index is -1.27. The Morgan fingerprint density at radius 3 is 2.68 bits per heavy atom. The number of carbonyl (C=O) groups excluding carboxylic acids is 1. The van der Waals surface area contributed by atoms with Gasteiger partial charge in [0.15, 0.2) is 17.3 Å². The summed E-state index contributed by atoms with van der Waals surface area (Å²) in [7, 11) is 1.39. The Hall–Kier alpha value is -1.42. The molecule has 0 radical (unpaired) electrons. The van der Waals surface area contributed by atoms with Gasteiger partial charge in [-0.2, -0.15) is 0 Å². The summed E-state index contributed by atoms with van der Waals surface area (Å²) < 4.78 is 18.9. The van der Waals surface area contributed by atoms with Crippen LogP contribution in [0.4, 0.5) is 4.39 Å². The molecule has 0 bridgehead atoms. The van der Waals surface area contributed by atoms with Crippen LogP contribution in [0.15, 0.2) is 18.2 Å². The van der Waals surface area contributed by atoms with Crippen LogP contribution in [-0.2, 0) is 11.2 Å². The van der Waals surface area contributed by atoms with Crippen LogP contribution in [0.25, 0.3) is 0 Å². The molecule has 1 fully saturated rings. The van der Waals surface area contributed by atoms with E-state index in [4.69, 9.17) is 4.74 Å². The van der Waals surface area contributed by atoms with E-state index < -0.39 is 11.4 Å². The summed E-state index contributed by atoms with van der Waals surface area (Å²) in [5, 5.41) is 10.3. The van der Waals surface area contributed by atoms with Gasteiger partial charge in [-0.3, -0.25) is 4.79 Å². The van der Waals surface area contributed by atoms with E-state index in [2.05, 4.69) is 0 Å². The van der Waals surface area contributed by atoms with Gasteiger partial charge < -0.3 is 9.84 Å². The van der Waals surface area contributed by atoms with Crippen molar-refractivity contribution in [2.75, 3.05) is 7.11 Å². The Kier molecular flexibility index (Phi) is 4.20. The van der Waals surface area contributed by atoms with E-state index >= 15 is 0 Å². The standard InChI is InChI=1S/C15H19FO3/c1-19-12-7-5-6-11(14(12)16)10-13(17)15(18)8-3-2-4-9-15/h5-7,18H,2-4,8-10H2,1H3. The molecule has 0 aromatic heterocycles. The maximum atomic E-state index is 14.0. The molecule has 0 atom stereocenters. The van der Waals surface area contributed by atoms with Crippen molar-refractivity contribution in [3.8, 4) is 5.75 Å². The monoisotopic (exact) mass is 266 g/mol. The van der Waals surface area contributed by atoms with E-state index in [-0.39, 0.29) is 23.5 Å². The topological polar surface area (TPSA) is 46.5 Å². The summed E-state index contributed by atoms with van der Waals surface area (Å²) in [4.78, 5) is 12.2. The number of rotatable bonds is 4. The van der Waals surface area contributed by atoms with Crippen LogP contribution in [0.5, 0.6) is 5.75 Å². The number of benzene rings is 1. The van der Waals surface area contributed by atoms with Gasteiger partial charge in [0.1, 0.15) is 5.60 Å². The lowest BCUT2D eigenvalue weighted by atomic mass is 9.80. The molecule has 104 valence electrons. The average molecular weight is 266 g/mol. The third kappa shape index (κ3) is 2.95. The molecule has 4 heteroatoms. The maximum Gasteiger partial charge on any atom is 0.168 e. The zero-order chi connectivity index (χ0) is 13.9. The first-order valence-electron chi connectivity index (χ1n) is 6.64. The second kappa shape index (κ2) is 5.70. The van der Waals surface area contributed by atoms with Crippen molar-refractivity contribution in [1.29, 1.82) is 0 Å². The highest BCUT2D eigenvalue weighted by molar-refractivity contribution is 5.89. The van der Waals surface area contributed by atoms with Crippen molar-refractivity contribution < 1.29 is 19.0 Å². The Morgan fingerprint density at radius 2 is 2.05 bits per heavy atom. The fourth-order valence-corrected chi connectivity index (χ4v) is 2.60. The molecule has 1 aliphatic carbocycles. The molecule has 3 nitrogen and oxygen atoms in total. The first-order chi connectivity index (χ1) is 9.07. The molecule has 0 heterocycles. The predicted octanol–water partition coefficient (Wildman–Crippen LogP) is 2.64. The minimum absolute atomic E-state index is 0.0838. The van der Waals surface area contributed by atoms with E-state index in [1.54, 1.807) is 12.1 Å². The zero-order valence-electron chi connectivity index (χ0n) is 11.1. The second-order valence-corrected chi connectivity index (χ2v) is 5.13. The van der Waals surface area contributed by atoms with E-state index in [1.165, 1.54) is 13.2 Å². The van der Waals surface area contributed by atoms with Gasteiger partial charge in [-0.25, -0.2) is 4.39 Å². The molecule has 1 saturated carbocycles. The van der Waals surface area contributed by atoms with Crippen molar-refractivity contribution in [2.45, 2.75) is 44.1 Å². The molecule has 0 saturated heterocycles. The fourth-order valence-electron chi connectivity index (χ4n) is 2.60.